The molecule has 0 aliphatic rings. The van der Waals surface area contributed by atoms with E-state index in [1.54, 1.807) is 0 Å². The van der Waals surface area contributed by atoms with Gasteiger partial charge in [-0.3, -0.25) is 9.59 Å². The number of hydrogen-bond donors (Lipinski definition) is 3. The number of aliphatic hydroxyl groups excluding tert-OH is 2. The van der Waals surface area contributed by atoms with Gasteiger partial charge in [0.25, 0.3) is 0 Å². The molecule has 0 rings (SSSR count). The van der Waals surface area contributed by atoms with Crippen LogP contribution in [0.4, 0.5) is 0 Å². The molecule has 0 radical (unpaired) electrons. The molecule has 1 amide bonds. The first-order valence-corrected chi connectivity index (χ1v) is 29.0. The van der Waals surface area contributed by atoms with Crippen LogP contribution in [0.1, 0.15) is 290 Å². The van der Waals surface area contributed by atoms with E-state index in [1.807, 2.05) is 6.08 Å². The van der Waals surface area contributed by atoms with Crippen LogP contribution in [0.2, 0.25) is 0 Å². The SMILES string of the molecule is CC/C=C/C/C=C/C/C=C/C/C=C/C/C=C/CCC(=O)OC(CCCCCCCCCCCCCCCCCC)CC(=O)NC(CO)C(O)CCCCCCCCCCCCCCCCCC. The minimum Gasteiger partial charge on any atom is -0.462 e. The summed E-state index contributed by atoms with van der Waals surface area (Å²) in [6.45, 7) is 6.39. The Balaban J connectivity index is 4.63. The van der Waals surface area contributed by atoms with E-state index in [-0.39, 0.29) is 31.3 Å². The predicted molar refractivity (Wildman–Crippen MR) is 292 cm³/mol. The largest absolute Gasteiger partial charge is 0.462 e. The second-order valence-corrected chi connectivity index (χ2v) is 19.7. The molecule has 0 fully saturated rings. The molecule has 0 saturated carbocycles. The van der Waals surface area contributed by atoms with Crippen LogP contribution < -0.4 is 5.32 Å². The summed E-state index contributed by atoms with van der Waals surface area (Å²) in [7, 11) is 0. The van der Waals surface area contributed by atoms with Crippen LogP contribution in [0, 0.1) is 0 Å². The maximum atomic E-state index is 13.3. The van der Waals surface area contributed by atoms with Gasteiger partial charge >= 0.3 is 5.97 Å². The average molecular weight is 939 g/mol. The van der Waals surface area contributed by atoms with E-state index in [2.05, 4.69) is 80.8 Å². The second kappa shape index (κ2) is 54.5. The van der Waals surface area contributed by atoms with Gasteiger partial charge in [0, 0.05) is 6.42 Å². The molecule has 3 unspecified atom stereocenters. The maximum Gasteiger partial charge on any atom is 0.306 e. The van der Waals surface area contributed by atoms with E-state index in [4.69, 9.17) is 4.74 Å². The number of aliphatic hydroxyl groups is 2. The second-order valence-electron chi connectivity index (χ2n) is 19.7. The van der Waals surface area contributed by atoms with Crippen LogP contribution in [-0.2, 0) is 14.3 Å². The number of ether oxygens (including phenoxy) is 1. The molecule has 6 nitrogen and oxygen atoms in total. The number of unbranched alkanes of at least 4 members (excludes halogenated alkanes) is 30. The summed E-state index contributed by atoms with van der Waals surface area (Å²) in [4.78, 5) is 26.2. The molecule has 0 spiro atoms. The van der Waals surface area contributed by atoms with Crippen LogP contribution >= 0.6 is 0 Å². The standard InChI is InChI=1S/C61H111NO5/c1-4-7-10-13-16-19-22-25-28-31-34-37-40-43-46-49-52-57(67-61(66)54-51-48-45-42-39-36-33-30-27-24-21-18-15-12-9-6-3)55-60(65)62-58(56-63)59(64)53-50-47-44-41-38-35-32-29-26-23-20-17-14-11-8-5-2/h9,12,18,21,27,30,36,39,45,48,57-59,63-64H,4-8,10-11,13-17,19-20,22-26,28-29,31-35,37-38,40-44,46-47,49-56H2,1-3H3,(H,62,65)/b12-9+,21-18+,30-27+,39-36+,48-45+. The fraction of sp³-hybridized carbons (Fsp3) is 0.803. The van der Waals surface area contributed by atoms with Gasteiger partial charge in [0.2, 0.25) is 5.91 Å². The van der Waals surface area contributed by atoms with Gasteiger partial charge in [-0.15, -0.1) is 0 Å². The van der Waals surface area contributed by atoms with Gasteiger partial charge in [-0.25, -0.2) is 0 Å². The fourth-order valence-electron chi connectivity index (χ4n) is 8.78. The van der Waals surface area contributed by atoms with Gasteiger partial charge in [-0.05, 0) is 57.8 Å². The van der Waals surface area contributed by atoms with E-state index < -0.39 is 18.2 Å². The Morgan fingerprint density at radius 1 is 0.448 bits per heavy atom. The van der Waals surface area contributed by atoms with Crippen LogP contribution in [0.5, 0.6) is 0 Å². The number of amides is 1. The predicted octanol–water partition coefficient (Wildman–Crippen LogP) is 18.0. The molecular formula is C61H111NO5. The van der Waals surface area contributed by atoms with Crippen LogP contribution in [0.15, 0.2) is 60.8 Å². The summed E-state index contributed by atoms with van der Waals surface area (Å²) in [5.74, 6) is -0.561. The fourth-order valence-corrected chi connectivity index (χ4v) is 8.78. The molecule has 3 atom stereocenters. The molecule has 0 aliphatic heterocycles. The Morgan fingerprint density at radius 3 is 1.13 bits per heavy atom. The summed E-state index contributed by atoms with van der Waals surface area (Å²) < 4.78 is 5.92. The smallest absolute Gasteiger partial charge is 0.306 e. The zero-order valence-electron chi connectivity index (χ0n) is 44.5. The highest BCUT2D eigenvalue weighted by molar-refractivity contribution is 5.77. The first kappa shape index (κ1) is 64.6. The van der Waals surface area contributed by atoms with E-state index in [1.165, 1.54) is 167 Å². The molecule has 0 aromatic carbocycles. The minimum absolute atomic E-state index is 0.0500. The Bertz CT molecular complexity index is 1190. The van der Waals surface area contributed by atoms with Crippen molar-refractivity contribution in [3.8, 4) is 0 Å². The van der Waals surface area contributed by atoms with E-state index in [0.717, 1.165) is 70.6 Å². The number of rotatable bonds is 52. The molecule has 0 bridgehead atoms. The number of allylic oxidation sites excluding steroid dienone is 10. The van der Waals surface area contributed by atoms with Gasteiger partial charge in [-0.1, -0.05) is 281 Å². The summed E-state index contributed by atoms with van der Waals surface area (Å²) in [6.07, 6.45) is 68.7. The molecule has 0 heterocycles. The first-order chi connectivity index (χ1) is 33.0. The molecule has 390 valence electrons. The summed E-state index contributed by atoms with van der Waals surface area (Å²) in [6, 6.07) is -0.717. The van der Waals surface area contributed by atoms with Gasteiger partial charge in [0.15, 0.2) is 0 Å². The minimum atomic E-state index is -0.801. The third-order valence-corrected chi connectivity index (χ3v) is 13.1. The Hall–Kier alpha value is -2.44. The topological polar surface area (TPSA) is 95.9 Å². The monoisotopic (exact) mass is 938 g/mol. The van der Waals surface area contributed by atoms with Crippen LogP contribution in [-0.4, -0.2) is 46.9 Å². The lowest BCUT2D eigenvalue weighted by atomic mass is 10.0. The molecule has 0 aromatic rings. The maximum absolute atomic E-state index is 13.3. The van der Waals surface area contributed by atoms with Crippen molar-refractivity contribution >= 4 is 11.9 Å². The van der Waals surface area contributed by atoms with Crippen molar-refractivity contribution in [3.05, 3.63) is 60.8 Å². The number of hydrogen-bond acceptors (Lipinski definition) is 5. The van der Waals surface area contributed by atoms with Crippen molar-refractivity contribution in [2.45, 2.75) is 309 Å². The van der Waals surface area contributed by atoms with Gasteiger partial charge in [0.1, 0.15) is 6.10 Å². The first-order valence-electron chi connectivity index (χ1n) is 29.0. The zero-order valence-corrected chi connectivity index (χ0v) is 44.5. The highest BCUT2D eigenvalue weighted by atomic mass is 16.5. The molecule has 0 aromatic heterocycles. The number of nitrogens with one attached hydrogen (secondary N) is 1. The van der Waals surface area contributed by atoms with Gasteiger partial charge < -0.3 is 20.3 Å². The summed E-state index contributed by atoms with van der Waals surface area (Å²) in [5.41, 5.74) is 0. The lowest BCUT2D eigenvalue weighted by molar-refractivity contribution is -0.150. The van der Waals surface area contributed by atoms with Crippen molar-refractivity contribution in [2.75, 3.05) is 6.61 Å². The quantitative estimate of drug-likeness (QED) is 0.0321. The highest BCUT2D eigenvalue weighted by Gasteiger charge is 2.24. The summed E-state index contributed by atoms with van der Waals surface area (Å²) >= 11 is 0. The number of carbonyl (C=O) groups excluding carboxylic acids is 2. The molecule has 0 aliphatic carbocycles. The van der Waals surface area contributed by atoms with Crippen molar-refractivity contribution in [1.29, 1.82) is 0 Å². The highest BCUT2D eigenvalue weighted by Crippen LogP contribution is 2.18. The van der Waals surface area contributed by atoms with Gasteiger partial charge in [0.05, 0.1) is 25.2 Å². The number of esters is 1. The molecule has 0 saturated heterocycles. The third-order valence-electron chi connectivity index (χ3n) is 13.1. The van der Waals surface area contributed by atoms with Crippen molar-refractivity contribution in [3.63, 3.8) is 0 Å². The molecule has 6 heteroatoms. The average Bonchev–Trinajstić information content (AvgIpc) is 3.32. The number of carbonyl (C=O) groups is 2. The normalized spacial score (nSPS) is 13.6. The van der Waals surface area contributed by atoms with Crippen LogP contribution in [0.25, 0.3) is 0 Å². The lowest BCUT2D eigenvalue weighted by Gasteiger charge is -2.24. The molecule has 3 N–H and O–H groups in total. The zero-order chi connectivity index (χ0) is 48.8. The summed E-state index contributed by atoms with van der Waals surface area (Å²) in [5, 5.41) is 23.9. The van der Waals surface area contributed by atoms with Gasteiger partial charge in [-0.2, -0.15) is 0 Å². The third kappa shape index (κ3) is 49.8. The van der Waals surface area contributed by atoms with E-state index in [0.29, 0.717) is 19.3 Å². The van der Waals surface area contributed by atoms with Crippen LogP contribution in [0.3, 0.4) is 0 Å². The Morgan fingerprint density at radius 2 is 0.776 bits per heavy atom. The van der Waals surface area contributed by atoms with Crippen molar-refractivity contribution < 1.29 is 24.5 Å². The molecular weight excluding hydrogens is 827 g/mol. The Kier molecular flexibility index (Phi) is 52.5. The van der Waals surface area contributed by atoms with Crippen molar-refractivity contribution in [1.82, 2.24) is 5.32 Å². The van der Waals surface area contributed by atoms with E-state index in [9.17, 15) is 19.8 Å². The van der Waals surface area contributed by atoms with E-state index >= 15 is 0 Å². The Labute approximate surface area is 416 Å². The molecule has 67 heavy (non-hydrogen) atoms. The van der Waals surface area contributed by atoms with Crippen molar-refractivity contribution in [2.24, 2.45) is 0 Å². The lowest BCUT2D eigenvalue weighted by Crippen LogP contribution is -2.46.